The Morgan fingerprint density at radius 3 is 2.71 bits per heavy atom. The maximum Gasteiger partial charge on any atom is 0.264 e. The fourth-order valence-electron chi connectivity index (χ4n) is 1.22. The molecule has 1 aliphatic rings. The summed E-state index contributed by atoms with van der Waals surface area (Å²) in [5, 5.41) is 2.23. The van der Waals surface area contributed by atoms with E-state index in [2.05, 4.69) is 5.32 Å². The van der Waals surface area contributed by atoms with Gasteiger partial charge in [0.15, 0.2) is 0 Å². The molecule has 0 aliphatic carbocycles. The lowest BCUT2D eigenvalue weighted by atomic mass is 10.2. The van der Waals surface area contributed by atoms with Crippen molar-refractivity contribution in [2.24, 2.45) is 0 Å². The first-order valence-corrected chi connectivity index (χ1v) is 5.76. The van der Waals surface area contributed by atoms with Crippen LogP contribution >= 0.6 is 11.8 Å². The zero-order valence-corrected chi connectivity index (χ0v) is 9.16. The van der Waals surface area contributed by atoms with Gasteiger partial charge in [0.05, 0.1) is 11.3 Å². The second-order valence-electron chi connectivity index (χ2n) is 3.69. The highest BCUT2D eigenvalue weighted by molar-refractivity contribution is 8.00. The van der Waals surface area contributed by atoms with Crippen LogP contribution in [0.25, 0.3) is 0 Å². The molecule has 0 unspecified atom stereocenters. The molecule has 1 N–H and O–H groups in total. The quantitative estimate of drug-likeness (QED) is 0.793. The summed E-state index contributed by atoms with van der Waals surface area (Å²) < 4.78 is 25.5. The summed E-state index contributed by atoms with van der Waals surface area (Å²) in [4.78, 5) is 11.4. The van der Waals surface area contributed by atoms with Crippen LogP contribution in [-0.4, -0.2) is 28.9 Å². The Balaban J connectivity index is 2.40. The van der Waals surface area contributed by atoms with E-state index in [-0.39, 0.29) is 11.2 Å². The SMILES string of the molecule is C[C@@H](NC(=O)[C@H]1CCCS1)C(C)(F)F. The van der Waals surface area contributed by atoms with Crippen molar-refractivity contribution < 1.29 is 13.6 Å². The topological polar surface area (TPSA) is 29.1 Å². The third-order valence-electron chi connectivity index (χ3n) is 2.34. The molecule has 82 valence electrons. The Hall–Kier alpha value is -0.320. The summed E-state index contributed by atoms with van der Waals surface area (Å²) in [6.45, 7) is 2.15. The Labute approximate surface area is 86.8 Å². The molecule has 0 bridgehead atoms. The summed E-state index contributed by atoms with van der Waals surface area (Å²) in [5.74, 6) is -2.14. The molecule has 1 rings (SSSR count). The highest BCUT2D eigenvalue weighted by Crippen LogP contribution is 2.27. The van der Waals surface area contributed by atoms with Crippen molar-refractivity contribution in [1.29, 1.82) is 0 Å². The van der Waals surface area contributed by atoms with Crippen LogP contribution in [0, 0.1) is 0 Å². The average Bonchev–Trinajstić information content (AvgIpc) is 2.53. The van der Waals surface area contributed by atoms with Crippen molar-refractivity contribution in [2.75, 3.05) is 5.75 Å². The molecule has 0 aromatic carbocycles. The van der Waals surface area contributed by atoms with Gasteiger partial charge in [-0.3, -0.25) is 4.79 Å². The van der Waals surface area contributed by atoms with Gasteiger partial charge < -0.3 is 5.32 Å². The number of rotatable bonds is 3. The number of alkyl halides is 2. The lowest BCUT2D eigenvalue weighted by molar-refractivity contribution is -0.124. The molecule has 0 aromatic heterocycles. The molecule has 0 radical (unpaired) electrons. The van der Waals surface area contributed by atoms with Crippen molar-refractivity contribution in [1.82, 2.24) is 5.32 Å². The smallest absolute Gasteiger partial charge is 0.264 e. The van der Waals surface area contributed by atoms with E-state index >= 15 is 0 Å². The van der Waals surface area contributed by atoms with Gasteiger partial charge in [0.25, 0.3) is 5.92 Å². The second kappa shape index (κ2) is 4.47. The van der Waals surface area contributed by atoms with Gasteiger partial charge in [-0.05, 0) is 25.5 Å². The number of carbonyl (C=O) groups excluding carboxylic acids is 1. The lowest BCUT2D eigenvalue weighted by Gasteiger charge is -2.22. The predicted octanol–water partition coefficient (Wildman–Crippen LogP) is 2.04. The Kier molecular flexibility index (Phi) is 3.75. The van der Waals surface area contributed by atoms with E-state index in [1.165, 1.54) is 6.92 Å². The lowest BCUT2D eigenvalue weighted by Crippen LogP contribution is -2.46. The minimum Gasteiger partial charge on any atom is -0.347 e. The molecule has 0 saturated carbocycles. The molecule has 1 aliphatic heterocycles. The minimum atomic E-state index is -2.85. The summed E-state index contributed by atoms with van der Waals surface area (Å²) >= 11 is 1.55. The van der Waals surface area contributed by atoms with Crippen molar-refractivity contribution in [2.45, 2.75) is 43.9 Å². The largest absolute Gasteiger partial charge is 0.347 e. The highest BCUT2D eigenvalue weighted by Gasteiger charge is 2.33. The maximum atomic E-state index is 12.7. The van der Waals surface area contributed by atoms with Crippen molar-refractivity contribution in [3.63, 3.8) is 0 Å². The molecule has 0 spiro atoms. The fraction of sp³-hybridized carbons (Fsp3) is 0.889. The predicted molar refractivity (Wildman–Crippen MR) is 53.7 cm³/mol. The first-order valence-electron chi connectivity index (χ1n) is 4.71. The first-order chi connectivity index (χ1) is 6.41. The van der Waals surface area contributed by atoms with E-state index in [1.54, 1.807) is 11.8 Å². The highest BCUT2D eigenvalue weighted by atomic mass is 32.2. The Morgan fingerprint density at radius 2 is 2.29 bits per heavy atom. The van der Waals surface area contributed by atoms with Crippen molar-refractivity contribution >= 4 is 17.7 Å². The molecule has 1 saturated heterocycles. The summed E-state index contributed by atoms with van der Waals surface area (Å²) in [7, 11) is 0. The molecule has 0 aromatic rings. The van der Waals surface area contributed by atoms with Crippen molar-refractivity contribution in [3.8, 4) is 0 Å². The third kappa shape index (κ3) is 3.12. The molecule has 2 nitrogen and oxygen atoms in total. The van der Waals surface area contributed by atoms with E-state index in [0.29, 0.717) is 0 Å². The van der Waals surface area contributed by atoms with Gasteiger partial charge in [0.1, 0.15) is 0 Å². The summed E-state index contributed by atoms with van der Waals surface area (Å²) in [6, 6.07) is -1.09. The van der Waals surface area contributed by atoms with E-state index in [0.717, 1.165) is 25.5 Å². The second-order valence-corrected chi connectivity index (χ2v) is 5.00. The van der Waals surface area contributed by atoms with Crippen LogP contribution in [-0.2, 0) is 4.79 Å². The first kappa shape index (κ1) is 11.8. The molecule has 2 atom stereocenters. The summed E-state index contributed by atoms with van der Waals surface area (Å²) in [5.41, 5.74) is 0. The zero-order valence-electron chi connectivity index (χ0n) is 8.35. The van der Waals surface area contributed by atoms with Crippen LogP contribution in [0.5, 0.6) is 0 Å². The summed E-state index contributed by atoms with van der Waals surface area (Å²) in [6.07, 6.45) is 1.80. The Morgan fingerprint density at radius 1 is 1.64 bits per heavy atom. The van der Waals surface area contributed by atoms with Crippen molar-refractivity contribution in [3.05, 3.63) is 0 Å². The number of thioether (sulfide) groups is 1. The van der Waals surface area contributed by atoms with Gasteiger partial charge in [-0.1, -0.05) is 0 Å². The molecule has 1 amide bonds. The van der Waals surface area contributed by atoms with E-state index in [9.17, 15) is 13.6 Å². The maximum absolute atomic E-state index is 12.7. The number of amides is 1. The normalized spacial score (nSPS) is 24.7. The van der Waals surface area contributed by atoms with Crippen LogP contribution in [0.1, 0.15) is 26.7 Å². The average molecular weight is 223 g/mol. The van der Waals surface area contributed by atoms with E-state index < -0.39 is 12.0 Å². The minimum absolute atomic E-state index is 0.125. The van der Waals surface area contributed by atoms with Crippen LogP contribution in [0.15, 0.2) is 0 Å². The Bertz CT molecular complexity index is 211. The fourth-order valence-corrected chi connectivity index (χ4v) is 2.39. The van der Waals surface area contributed by atoms with Gasteiger partial charge in [0, 0.05) is 6.92 Å². The van der Waals surface area contributed by atoms with Gasteiger partial charge >= 0.3 is 0 Å². The van der Waals surface area contributed by atoms with Gasteiger partial charge in [-0.2, -0.15) is 0 Å². The number of hydrogen-bond donors (Lipinski definition) is 1. The molecular weight excluding hydrogens is 208 g/mol. The van der Waals surface area contributed by atoms with Gasteiger partial charge in [-0.15, -0.1) is 11.8 Å². The van der Waals surface area contributed by atoms with Crippen LogP contribution < -0.4 is 5.32 Å². The number of carbonyl (C=O) groups is 1. The molecule has 1 fully saturated rings. The number of halogens is 2. The monoisotopic (exact) mass is 223 g/mol. The van der Waals surface area contributed by atoms with Crippen LogP contribution in [0.3, 0.4) is 0 Å². The zero-order chi connectivity index (χ0) is 10.8. The van der Waals surface area contributed by atoms with Gasteiger partial charge in [0.2, 0.25) is 5.91 Å². The number of hydrogen-bond acceptors (Lipinski definition) is 2. The molecule has 14 heavy (non-hydrogen) atoms. The van der Waals surface area contributed by atoms with E-state index in [1.807, 2.05) is 0 Å². The molecule has 1 heterocycles. The van der Waals surface area contributed by atoms with E-state index in [4.69, 9.17) is 0 Å². The van der Waals surface area contributed by atoms with Crippen LogP contribution in [0.4, 0.5) is 8.78 Å². The van der Waals surface area contributed by atoms with Crippen LogP contribution in [0.2, 0.25) is 0 Å². The standard InChI is InChI=1S/C9H15F2NOS/c1-6(9(2,10)11)12-8(13)7-4-3-5-14-7/h6-7H,3-5H2,1-2H3,(H,12,13)/t6-,7-/m1/s1. The third-order valence-corrected chi connectivity index (χ3v) is 3.72. The molecule has 5 heteroatoms. The molecular formula is C9H15F2NOS. The number of nitrogens with one attached hydrogen (secondary N) is 1. The van der Waals surface area contributed by atoms with Gasteiger partial charge in [-0.25, -0.2) is 8.78 Å².